The molecule has 0 bridgehead atoms. The summed E-state index contributed by atoms with van der Waals surface area (Å²) in [5.41, 5.74) is 0.552. The molecular weight excluding hydrogens is 349 g/mol. The summed E-state index contributed by atoms with van der Waals surface area (Å²) in [6.07, 6.45) is 0. The average molecular weight is 359 g/mol. The van der Waals surface area contributed by atoms with Gasteiger partial charge < -0.3 is 10.4 Å². The van der Waals surface area contributed by atoms with E-state index >= 15 is 0 Å². The highest BCUT2D eigenvalue weighted by Gasteiger charge is 2.24. The van der Waals surface area contributed by atoms with Gasteiger partial charge in [-0.2, -0.15) is 0 Å². The predicted molar refractivity (Wildman–Crippen MR) is 79.6 cm³/mol. The predicted octanol–water partition coefficient (Wildman–Crippen LogP) is 4.48. The molecule has 0 radical (unpaired) electrons. The molecule has 1 unspecified atom stereocenters. The summed E-state index contributed by atoms with van der Waals surface area (Å²) in [4.78, 5) is 11.4. The van der Waals surface area contributed by atoms with Crippen molar-refractivity contribution in [2.45, 2.75) is 6.04 Å². The minimum atomic E-state index is -1.22. The Bertz CT molecular complexity index is 651. The Balaban J connectivity index is 2.37. The van der Waals surface area contributed by atoms with Gasteiger partial charge >= 0.3 is 5.97 Å². The Morgan fingerprint density at radius 2 is 2.00 bits per heavy atom. The molecule has 6 heteroatoms. The molecule has 2 N–H and O–H groups in total. The minimum absolute atomic E-state index is 0.00928. The first-order valence-electron chi connectivity index (χ1n) is 5.68. The van der Waals surface area contributed by atoms with Gasteiger partial charge in [-0.1, -0.05) is 45.7 Å². The molecular formula is C14H10BrClFNO2. The van der Waals surface area contributed by atoms with E-state index in [4.69, 9.17) is 11.6 Å². The summed E-state index contributed by atoms with van der Waals surface area (Å²) in [7, 11) is 0. The normalized spacial score (nSPS) is 11.9. The van der Waals surface area contributed by atoms with E-state index in [1.165, 1.54) is 18.2 Å². The van der Waals surface area contributed by atoms with Crippen LogP contribution >= 0.6 is 27.5 Å². The van der Waals surface area contributed by atoms with E-state index in [-0.39, 0.29) is 10.6 Å². The van der Waals surface area contributed by atoms with E-state index in [0.717, 1.165) is 4.47 Å². The van der Waals surface area contributed by atoms with Gasteiger partial charge in [0, 0.05) is 15.7 Å². The van der Waals surface area contributed by atoms with E-state index in [1.807, 2.05) is 0 Å². The Kier molecular flexibility index (Phi) is 4.62. The molecule has 0 amide bonds. The molecule has 1 atom stereocenters. The maximum atomic E-state index is 13.9. The van der Waals surface area contributed by atoms with E-state index in [2.05, 4.69) is 21.2 Å². The van der Waals surface area contributed by atoms with Crippen molar-refractivity contribution in [3.05, 3.63) is 63.3 Å². The largest absolute Gasteiger partial charge is 0.479 e. The van der Waals surface area contributed by atoms with Gasteiger partial charge in [-0.3, -0.25) is 0 Å². The van der Waals surface area contributed by atoms with Crippen LogP contribution in [0.5, 0.6) is 0 Å². The van der Waals surface area contributed by atoms with Crippen molar-refractivity contribution in [1.82, 2.24) is 0 Å². The van der Waals surface area contributed by atoms with Gasteiger partial charge in [-0.15, -0.1) is 0 Å². The van der Waals surface area contributed by atoms with Crippen LogP contribution in [0.25, 0.3) is 0 Å². The Morgan fingerprint density at radius 3 is 2.65 bits per heavy atom. The second-order valence-corrected chi connectivity index (χ2v) is 5.39. The van der Waals surface area contributed by atoms with Gasteiger partial charge in [0.25, 0.3) is 0 Å². The van der Waals surface area contributed by atoms with Gasteiger partial charge in [0.05, 0.1) is 5.02 Å². The third kappa shape index (κ3) is 3.29. The number of aliphatic carboxylic acids is 1. The van der Waals surface area contributed by atoms with Crippen LogP contribution in [-0.4, -0.2) is 11.1 Å². The number of carboxylic acid groups (broad SMARTS) is 1. The second kappa shape index (κ2) is 6.24. The van der Waals surface area contributed by atoms with E-state index in [1.54, 1.807) is 24.3 Å². The van der Waals surface area contributed by atoms with Crippen molar-refractivity contribution in [2.24, 2.45) is 0 Å². The van der Waals surface area contributed by atoms with Crippen LogP contribution in [0, 0.1) is 5.82 Å². The Morgan fingerprint density at radius 1 is 1.30 bits per heavy atom. The molecule has 104 valence electrons. The van der Waals surface area contributed by atoms with Gasteiger partial charge in [-0.25, -0.2) is 9.18 Å². The number of carboxylic acids is 1. The highest BCUT2D eigenvalue weighted by Crippen LogP contribution is 2.27. The maximum Gasteiger partial charge on any atom is 0.330 e. The van der Waals surface area contributed by atoms with Crippen LogP contribution in [0.1, 0.15) is 11.6 Å². The summed E-state index contributed by atoms with van der Waals surface area (Å²) in [6.45, 7) is 0. The first kappa shape index (κ1) is 14.8. The Hall–Kier alpha value is -1.59. The molecule has 2 aromatic carbocycles. The molecule has 0 heterocycles. The topological polar surface area (TPSA) is 49.3 Å². The summed E-state index contributed by atoms with van der Waals surface area (Å²) < 4.78 is 14.7. The molecule has 0 aromatic heterocycles. The van der Waals surface area contributed by atoms with Crippen LogP contribution in [0.15, 0.2) is 46.9 Å². The fraction of sp³-hybridized carbons (Fsp3) is 0.0714. The fourth-order valence-electron chi connectivity index (χ4n) is 1.76. The Labute approximate surface area is 128 Å². The zero-order valence-corrected chi connectivity index (χ0v) is 12.5. The van der Waals surface area contributed by atoms with Crippen molar-refractivity contribution >= 4 is 39.2 Å². The zero-order chi connectivity index (χ0) is 14.7. The van der Waals surface area contributed by atoms with E-state index in [0.29, 0.717) is 5.69 Å². The van der Waals surface area contributed by atoms with Gasteiger partial charge in [0.1, 0.15) is 5.82 Å². The smallest absolute Gasteiger partial charge is 0.330 e. The first-order chi connectivity index (χ1) is 9.49. The summed E-state index contributed by atoms with van der Waals surface area (Å²) in [5.74, 6) is -1.92. The number of rotatable bonds is 4. The lowest BCUT2D eigenvalue weighted by Crippen LogP contribution is -2.21. The molecule has 20 heavy (non-hydrogen) atoms. The van der Waals surface area contributed by atoms with Crippen molar-refractivity contribution in [2.75, 3.05) is 5.32 Å². The SMILES string of the molecule is O=C(O)C(Nc1cccc(Br)c1)c1cccc(Cl)c1F. The van der Waals surface area contributed by atoms with Crippen LogP contribution in [0.3, 0.4) is 0 Å². The first-order valence-corrected chi connectivity index (χ1v) is 6.85. The minimum Gasteiger partial charge on any atom is -0.479 e. The lowest BCUT2D eigenvalue weighted by atomic mass is 10.1. The highest BCUT2D eigenvalue weighted by molar-refractivity contribution is 9.10. The number of benzene rings is 2. The van der Waals surface area contributed by atoms with Gasteiger partial charge in [-0.05, 0) is 24.3 Å². The molecule has 0 saturated heterocycles. The fourth-order valence-corrected chi connectivity index (χ4v) is 2.34. The number of nitrogens with one attached hydrogen (secondary N) is 1. The van der Waals surface area contributed by atoms with Gasteiger partial charge in [0.2, 0.25) is 0 Å². The molecule has 0 saturated carbocycles. The molecule has 0 spiro atoms. The van der Waals surface area contributed by atoms with Crippen molar-refractivity contribution in [1.29, 1.82) is 0 Å². The van der Waals surface area contributed by atoms with E-state index < -0.39 is 17.8 Å². The lowest BCUT2D eigenvalue weighted by Gasteiger charge is -2.17. The standard InChI is InChI=1S/C14H10BrClFNO2/c15-8-3-1-4-9(7-8)18-13(14(19)20)10-5-2-6-11(16)12(10)17/h1-7,13,18H,(H,19,20). The molecule has 0 aliphatic heterocycles. The highest BCUT2D eigenvalue weighted by atomic mass is 79.9. The molecule has 0 aliphatic carbocycles. The summed E-state index contributed by atoms with van der Waals surface area (Å²) >= 11 is 8.98. The molecule has 2 rings (SSSR count). The number of hydrogen-bond acceptors (Lipinski definition) is 2. The molecule has 3 nitrogen and oxygen atoms in total. The number of halogens is 3. The number of hydrogen-bond donors (Lipinski definition) is 2. The van der Waals surface area contributed by atoms with Crippen LogP contribution in [0.2, 0.25) is 5.02 Å². The average Bonchev–Trinajstić information content (AvgIpc) is 2.39. The number of anilines is 1. The quantitative estimate of drug-likeness (QED) is 0.847. The third-order valence-corrected chi connectivity index (χ3v) is 3.46. The van der Waals surface area contributed by atoms with Crippen LogP contribution < -0.4 is 5.32 Å². The third-order valence-electron chi connectivity index (χ3n) is 2.68. The summed E-state index contributed by atoms with van der Waals surface area (Å²) in [5, 5.41) is 12.0. The zero-order valence-electron chi connectivity index (χ0n) is 10.1. The van der Waals surface area contributed by atoms with Crippen LogP contribution in [-0.2, 0) is 4.79 Å². The second-order valence-electron chi connectivity index (χ2n) is 4.07. The number of carbonyl (C=O) groups is 1. The van der Waals surface area contributed by atoms with Crippen molar-refractivity contribution in [3.63, 3.8) is 0 Å². The lowest BCUT2D eigenvalue weighted by molar-refractivity contribution is -0.138. The van der Waals surface area contributed by atoms with Crippen LogP contribution in [0.4, 0.5) is 10.1 Å². The molecule has 2 aromatic rings. The van der Waals surface area contributed by atoms with Gasteiger partial charge in [0.15, 0.2) is 6.04 Å². The van der Waals surface area contributed by atoms with Crippen molar-refractivity contribution in [3.8, 4) is 0 Å². The maximum absolute atomic E-state index is 13.9. The molecule has 0 aliphatic rings. The van der Waals surface area contributed by atoms with E-state index in [9.17, 15) is 14.3 Å². The summed E-state index contributed by atoms with van der Waals surface area (Å²) in [6, 6.07) is 10.0. The monoisotopic (exact) mass is 357 g/mol. The molecule has 0 fully saturated rings. The van der Waals surface area contributed by atoms with Crippen molar-refractivity contribution < 1.29 is 14.3 Å².